The molecule has 2 heterocycles. The Labute approximate surface area is 170 Å². The van der Waals surface area contributed by atoms with Crippen molar-refractivity contribution in [2.45, 2.75) is 39.3 Å². The van der Waals surface area contributed by atoms with E-state index in [4.69, 9.17) is 0 Å². The molecule has 0 saturated carbocycles. The van der Waals surface area contributed by atoms with Crippen LogP contribution in [-0.4, -0.2) is 46.8 Å². The van der Waals surface area contributed by atoms with Crippen molar-refractivity contribution in [2.24, 2.45) is 0 Å². The van der Waals surface area contributed by atoms with Gasteiger partial charge in [-0.05, 0) is 56.5 Å². The van der Waals surface area contributed by atoms with Gasteiger partial charge in [0.05, 0.1) is 6.54 Å². The van der Waals surface area contributed by atoms with Crippen LogP contribution in [0.3, 0.4) is 0 Å². The van der Waals surface area contributed by atoms with Crippen molar-refractivity contribution in [2.75, 3.05) is 18.0 Å². The second-order valence-electron chi connectivity index (χ2n) is 7.78. The van der Waals surface area contributed by atoms with Crippen LogP contribution in [0.1, 0.15) is 41.3 Å². The van der Waals surface area contributed by atoms with E-state index in [0.717, 1.165) is 42.7 Å². The molecule has 2 aliphatic rings. The van der Waals surface area contributed by atoms with E-state index in [2.05, 4.69) is 0 Å². The van der Waals surface area contributed by atoms with E-state index >= 15 is 0 Å². The largest absolute Gasteiger partial charge is 0.339 e. The Kier molecular flexibility index (Phi) is 5.09. The number of hydrogen-bond donors (Lipinski definition) is 0. The zero-order valence-electron chi connectivity index (χ0n) is 16.8. The number of carbonyl (C=O) groups excluding carboxylic acids is 3. The number of anilines is 1. The zero-order valence-corrected chi connectivity index (χ0v) is 16.8. The highest BCUT2D eigenvalue weighted by atomic mass is 16.2. The maximum atomic E-state index is 12.9. The van der Waals surface area contributed by atoms with Crippen molar-refractivity contribution in [3.05, 3.63) is 65.2 Å². The van der Waals surface area contributed by atoms with Crippen molar-refractivity contribution in [1.29, 1.82) is 0 Å². The molecular weight excluding hydrogens is 366 g/mol. The van der Waals surface area contributed by atoms with Gasteiger partial charge in [-0.1, -0.05) is 29.8 Å². The number of nitrogens with zero attached hydrogens (tertiary/aromatic N) is 3. The van der Waals surface area contributed by atoms with E-state index < -0.39 is 6.04 Å². The van der Waals surface area contributed by atoms with Crippen LogP contribution in [0.4, 0.5) is 10.5 Å². The number of likely N-dealkylation sites (tertiary alicyclic amines) is 1. The molecule has 0 N–H and O–H groups in total. The molecule has 29 heavy (non-hydrogen) atoms. The minimum atomic E-state index is -0.541. The van der Waals surface area contributed by atoms with Gasteiger partial charge in [0.25, 0.3) is 11.8 Å². The molecule has 0 radical (unpaired) electrons. The third-order valence-electron chi connectivity index (χ3n) is 5.69. The van der Waals surface area contributed by atoms with Crippen LogP contribution in [0.5, 0.6) is 0 Å². The van der Waals surface area contributed by atoms with E-state index in [1.165, 1.54) is 9.80 Å². The molecule has 0 bridgehead atoms. The summed E-state index contributed by atoms with van der Waals surface area (Å²) in [5.41, 5.74) is 3.28. The summed E-state index contributed by atoms with van der Waals surface area (Å²) in [5.74, 6) is -0.172. The molecule has 6 heteroatoms. The molecule has 1 atom stereocenters. The number of rotatable bonds is 4. The van der Waals surface area contributed by atoms with Crippen LogP contribution in [0.15, 0.2) is 48.5 Å². The van der Waals surface area contributed by atoms with Gasteiger partial charge in [-0.2, -0.15) is 0 Å². The monoisotopic (exact) mass is 391 g/mol. The van der Waals surface area contributed by atoms with E-state index in [1.807, 2.05) is 48.2 Å². The molecule has 2 saturated heterocycles. The van der Waals surface area contributed by atoms with Crippen LogP contribution >= 0.6 is 0 Å². The van der Waals surface area contributed by atoms with E-state index in [1.54, 1.807) is 19.1 Å². The molecule has 0 aromatic heterocycles. The summed E-state index contributed by atoms with van der Waals surface area (Å²) in [6, 6.07) is 13.9. The van der Waals surface area contributed by atoms with E-state index in [-0.39, 0.29) is 24.4 Å². The maximum absolute atomic E-state index is 12.9. The Morgan fingerprint density at radius 2 is 1.59 bits per heavy atom. The van der Waals surface area contributed by atoms with Gasteiger partial charge >= 0.3 is 6.03 Å². The number of imide groups is 1. The normalized spacial score (nSPS) is 19.4. The lowest BCUT2D eigenvalue weighted by atomic mass is 10.1. The highest BCUT2D eigenvalue weighted by Crippen LogP contribution is 2.27. The van der Waals surface area contributed by atoms with Crippen molar-refractivity contribution in [3.63, 3.8) is 0 Å². The Morgan fingerprint density at radius 3 is 2.21 bits per heavy atom. The number of hydrogen-bond acceptors (Lipinski definition) is 3. The first kappa shape index (κ1) is 19.2. The fourth-order valence-electron chi connectivity index (χ4n) is 3.95. The average Bonchev–Trinajstić information content (AvgIpc) is 3.33. The quantitative estimate of drug-likeness (QED) is 0.749. The lowest BCUT2D eigenvalue weighted by Gasteiger charge is -2.19. The molecule has 2 aromatic carbocycles. The van der Waals surface area contributed by atoms with Crippen LogP contribution in [0, 0.1) is 6.92 Å². The molecule has 4 amide bonds. The van der Waals surface area contributed by atoms with Crippen LogP contribution in [0.2, 0.25) is 0 Å². The summed E-state index contributed by atoms with van der Waals surface area (Å²) >= 11 is 0. The summed E-state index contributed by atoms with van der Waals surface area (Å²) in [6.07, 6.45) is 2.11. The SMILES string of the molecule is Cc1ccc(N2C(=O)N(Cc3ccc(C(=O)N4CCCC4)cc3)C(=O)[C@H]2C)cc1. The first-order valence-electron chi connectivity index (χ1n) is 10.0. The summed E-state index contributed by atoms with van der Waals surface area (Å²) < 4.78 is 0. The number of urea groups is 1. The van der Waals surface area contributed by atoms with Gasteiger partial charge in [-0.15, -0.1) is 0 Å². The number of benzene rings is 2. The minimum Gasteiger partial charge on any atom is -0.339 e. The van der Waals surface area contributed by atoms with Crippen LogP contribution < -0.4 is 4.90 Å². The lowest BCUT2D eigenvalue weighted by molar-refractivity contribution is -0.127. The number of carbonyl (C=O) groups is 3. The Morgan fingerprint density at radius 1 is 0.966 bits per heavy atom. The highest BCUT2D eigenvalue weighted by Gasteiger charge is 2.43. The molecule has 2 aliphatic heterocycles. The van der Waals surface area contributed by atoms with Crippen molar-refractivity contribution in [3.8, 4) is 0 Å². The zero-order chi connectivity index (χ0) is 20.5. The molecule has 0 aliphatic carbocycles. The summed E-state index contributed by atoms with van der Waals surface area (Å²) in [7, 11) is 0. The lowest BCUT2D eigenvalue weighted by Crippen LogP contribution is -2.33. The standard InChI is InChI=1S/C23H25N3O3/c1-16-5-11-20(12-6-16)26-17(2)21(27)25(23(26)29)15-18-7-9-19(10-8-18)22(28)24-13-3-4-14-24/h5-12,17H,3-4,13-15H2,1-2H3/t17-/m1/s1. The first-order chi connectivity index (χ1) is 14.0. The smallest absolute Gasteiger partial charge is 0.332 e. The fraction of sp³-hybridized carbons (Fsp3) is 0.348. The Hall–Kier alpha value is -3.15. The molecule has 0 spiro atoms. The average molecular weight is 391 g/mol. The topological polar surface area (TPSA) is 60.9 Å². The third kappa shape index (κ3) is 3.62. The number of aryl methyl sites for hydroxylation is 1. The van der Waals surface area contributed by atoms with Gasteiger partial charge in [0.1, 0.15) is 6.04 Å². The predicted molar refractivity (Wildman–Crippen MR) is 111 cm³/mol. The highest BCUT2D eigenvalue weighted by molar-refractivity contribution is 6.14. The molecule has 0 unspecified atom stereocenters. The second kappa shape index (κ2) is 7.70. The van der Waals surface area contributed by atoms with Crippen LogP contribution in [0.25, 0.3) is 0 Å². The molecule has 2 fully saturated rings. The van der Waals surface area contributed by atoms with Gasteiger partial charge in [-0.3, -0.25) is 19.4 Å². The van der Waals surface area contributed by atoms with Gasteiger partial charge in [0, 0.05) is 24.3 Å². The van der Waals surface area contributed by atoms with E-state index in [9.17, 15) is 14.4 Å². The maximum Gasteiger partial charge on any atom is 0.332 e. The van der Waals surface area contributed by atoms with Crippen molar-refractivity contribution >= 4 is 23.5 Å². The fourth-order valence-corrected chi connectivity index (χ4v) is 3.95. The van der Waals surface area contributed by atoms with Crippen LogP contribution in [-0.2, 0) is 11.3 Å². The van der Waals surface area contributed by atoms with Gasteiger partial charge in [0.2, 0.25) is 0 Å². The summed E-state index contributed by atoms with van der Waals surface area (Å²) in [4.78, 5) is 42.8. The summed E-state index contributed by atoms with van der Waals surface area (Å²) in [5, 5.41) is 0. The Bertz CT molecular complexity index is 931. The Balaban J connectivity index is 1.48. The molecule has 6 nitrogen and oxygen atoms in total. The predicted octanol–water partition coefficient (Wildman–Crippen LogP) is 3.59. The second-order valence-corrected chi connectivity index (χ2v) is 7.78. The molecular formula is C23H25N3O3. The molecule has 150 valence electrons. The first-order valence-corrected chi connectivity index (χ1v) is 10.0. The minimum absolute atomic E-state index is 0.0431. The van der Waals surface area contributed by atoms with Gasteiger partial charge < -0.3 is 4.90 Å². The van der Waals surface area contributed by atoms with Crippen molar-refractivity contribution in [1.82, 2.24) is 9.80 Å². The molecule has 2 aromatic rings. The summed E-state index contributed by atoms with van der Waals surface area (Å²) in [6.45, 7) is 5.54. The molecule has 4 rings (SSSR count). The number of amides is 4. The van der Waals surface area contributed by atoms with E-state index in [0.29, 0.717) is 5.56 Å². The van der Waals surface area contributed by atoms with Gasteiger partial charge in [0.15, 0.2) is 0 Å². The third-order valence-corrected chi connectivity index (χ3v) is 5.69. The van der Waals surface area contributed by atoms with Crippen molar-refractivity contribution < 1.29 is 14.4 Å². The van der Waals surface area contributed by atoms with Gasteiger partial charge in [-0.25, -0.2) is 4.79 Å².